The van der Waals surface area contributed by atoms with Crippen molar-refractivity contribution in [2.45, 2.75) is 25.4 Å². The van der Waals surface area contributed by atoms with Gasteiger partial charge in [0, 0.05) is 6.61 Å². The Balaban J connectivity index is 1.94. The lowest BCUT2D eigenvalue weighted by Gasteiger charge is -2.03. The van der Waals surface area contributed by atoms with Crippen molar-refractivity contribution >= 4 is 11.6 Å². The maximum absolute atomic E-state index is 5.46. The van der Waals surface area contributed by atoms with Gasteiger partial charge >= 0.3 is 5.35 Å². The molecule has 0 saturated carbocycles. The second-order valence-electron chi connectivity index (χ2n) is 2.79. The summed E-state index contributed by atoms with van der Waals surface area (Å²) in [5.41, 5.74) is 0. The van der Waals surface area contributed by atoms with Crippen LogP contribution in [0.1, 0.15) is 18.7 Å². The molecule has 1 aliphatic heterocycles. The zero-order valence-electron chi connectivity index (χ0n) is 6.49. The lowest BCUT2D eigenvalue weighted by atomic mass is 10.2. The van der Waals surface area contributed by atoms with Crippen molar-refractivity contribution in [3.8, 4) is 0 Å². The molecule has 0 spiro atoms. The zero-order chi connectivity index (χ0) is 8.39. The number of hydrogen-bond acceptors (Lipinski definition) is 4. The van der Waals surface area contributed by atoms with Crippen molar-refractivity contribution in [2.75, 3.05) is 6.61 Å². The molecule has 2 rings (SSSR count). The molecule has 1 aromatic heterocycles. The SMILES string of the molecule is Clc1nnc(CC2CCCO2)o1. The molecule has 0 amide bonds. The van der Waals surface area contributed by atoms with Gasteiger partial charge in [0.05, 0.1) is 12.5 Å². The number of hydrogen-bond donors (Lipinski definition) is 0. The molecule has 1 saturated heterocycles. The van der Waals surface area contributed by atoms with Crippen LogP contribution in [0, 0.1) is 0 Å². The summed E-state index contributed by atoms with van der Waals surface area (Å²) in [5.74, 6) is 0.562. The molecule has 1 aliphatic rings. The lowest BCUT2D eigenvalue weighted by molar-refractivity contribution is 0.106. The van der Waals surface area contributed by atoms with Crippen molar-refractivity contribution in [1.29, 1.82) is 0 Å². The highest BCUT2D eigenvalue weighted by Gasteiger charge is 2.18. The van der Waals surface area contributed by atoms with E-state index in [2.05, 4.69) is 10.2 Å². The van der Waals surface area contributed by atoms with E-state index < -0.39 is 0 Å². The van der Waals surface area contributed by atoms with Gasteiger partial charge in [-0.1, -0.05) is 5.10 Å². The van der Waals surface area contributed by atoms with Gasteiger partial charge in [-0.3, -0.25) is 0 Å². The van der Waals surface area contributed by atoms with Crippen LogP contribution in [0.25, 0.3) is 0 Å². The standard InChI is InChI=1S/C7H9ClN2O2/c8-7-10-9-6(12-7)4-5-2-1-3-11-5/h5H,1-4H2. The molecular formula is C7H9ClN2O2. The molecule has 0 radical (unpaired) electrons. The Morgan fingerprint density at radius 2 is 2.42 bits per heavy atom. The van der Waals surface area contributed by atoms with E-state index in [0.29, 0.717) is 12.3 Å². The topological polar surface area (TPSA) is 48.2 Å². The molecule has 2 heterocycles. The van der Waals surface area contributed by atoms with Crippen molar-refractivity contribution in [3.63, 3.8) is 0 Å². The Hall–Kier alpha value is -0.610. The summed E-state index contributed by atoms with van der Waals surface area (Å²) in [6.45, 7) is 0.840. The highest BCUT2D eigenvalue weighted by Crippen LogP contribution is 2.17. The Kier molecular flexibility index (Phi) is 2.28. The molecule has 0 aromatic carbocycles. The minimum absolute atomic E-state index is 0.1000. The van der Waals surface area contributed by atoms with Crippen LogP contribution in [0.2, 0.25) is 5.35 Å². The highest BCUT2D eigenvalue weighted by molar-refractivity contribution is 6.27. The lowest BCUT2D eigenvalue weighted by Crippen LogP contribution is -2.08. The van der Waals surface area contributed by atoms with Crippen LogP contribution >= 0.6 is 11.6 Å². The molecule has 5 heteroatoms. The third-order valence-electron chi connectivity index (χ3n) is 1.87. The Labute approximate surface area is 74.9 Å². The van der Waals surface area contributed by atoms with Gasteiger partial charge in [-0.25, -0.2) is 0 Å². The first kappa shape index (κ1) is 8.01. The summed E-state index contributed by atoms with van der Waals surface area (Å²) >= 11 is 5.46. The van der Waals surface area contributed by atoms with Gasteiger partial charge < -0.3 is 9.15 Å². The molecule has 1 aromatic rings. The first-order chi connectivity index (χ1) is 5.84. The summed E-state index contributed by atoms with van der Waals surface area (Å²) < 4.78 is 10.4. The fourth-order valence-electron chi connectivity index (χ4n) is 1.32. The van der Waals surface area contributed by atoms with E-state index in [-0.39, 0.29) is 11.5 Å². The highest BCUT2D eigenvalue weighted by atomic mass is 35.5. The monoisotopic (exact) mass is 188 g/mol. The summed E-state index contributed by atoms with van der Waals surface area (Å²) in [5, 5.41) is 7.40. The molecule has 0 bridgehead atoms. The van der Waals surface area contributed by atoms with Crippen LogP contribution < -0.4 is 0 Å². The predicted molar refractivity (Wildman–Crippen MR) is 42.0 cm³/mol. The molecule has 1 unspecified atom stereocenters. The fourth-order valence-corrected chi connectivity index (χ4v) is 1.44. The fraction of sp³-hybridized carbons (Fsp3) is 0.714. The van der Waals surface area contributed by atoms with Crippen LogP contribution in [0.4, 0.5) is 0 Å². The molecule has 1 atom stereocenters. The molecule has 0 aliphatic carbocycles. The maximum Gasteiger partial charge on any atom is 0.312 e. The first-order valence-electron chi connectivity index (χ1n) is 3.94. The van der Waals surface area contributed by atoms with E-state index in [9.17, 15) is 0 Å². The van der Waals surface area contributed by atoms with E-state index in [4.69, 9.17) is 20.8 Å². The third kappa shape index (κ3) is 1.76. The Morgan fingerprint density at radius 3 is 3.00 bits per heavy atom. The third-order valence-corrected chi connectivity index (χ3v) is 2.02. The minimum Gasteiger partial charge on any atom is -0.412 e. The number of aromatic nitrogens is 2. The molecule has 66 valence electrons. The van der Waals surface area contributed by atoms with Gasteiger partial charge in [-0.05, 0) is 24.4 Å². The van der Waals surface area contributed by atoms with Gasteiger partial charge in [-0.15, -0.1) is 5.10 Å². The molecule has 4 nitrogen and oxygen atoms in total. The molecule has 0 N–H and O–H groups in total. The largest absolute Gasteiger partial charge is 0.412 e. The van der Waals surface area contributed by atoms with Crippen LogP contribution in [-0.4, -0.2) is 22.9 Å². The van der Waals surface area contributed by atoms with E-state index >= 15 is 0 Å². The summed E-state index contributed by atoms with van der Waals surface area (Å²) in [6.07, 6.45) is 3.10. The van der Waals surface area contributed by atoms with Crippen molar-refractivity contribution < 1.29 is 9.15 Å². The smallest absolute Gasteiger partial charge is 0.312 e. The van der Waals surface area contributed by atoms with Gasteiger partial charge in [0.25, 0.3) is 0 Å². The summed E-state index contributed by atoms with van der Waals surface area (Å²) in [7, 11) is 0. The van der Waals surface area contributed by atoms with Crippen molar-refractivity contribution in [1.82, 2.24) is 10.2 Å². The number of rotatable bonds is 2. The van der Waals surface area contributed by atoms with Gasteiger partial charge in [0.15, 0.2) is 0 Å². The molecule has 12 heavy (non-hydrogen) atoms. The van der Waals surface area contributed by atoms with Gasteiger partial charge in [0.2, 0.25) is 5.89 Å². The van der Waals surface area contributed by atoms with E-state index in [1.807, 2.05) is 0 Å². The quantitative estimate of drug-likeness (QED) is 0.705. The maximum atomic E-state index is 5.46. The summed E-state index contributed by atoms with van der Waals surface area (Å²) in [4.78, 5) is 0. The van der Waals surface area contributed by atoms with Crippen LogP contribution in [0.15, 0.2) is 4.42 Å². The second-order valence-corrected chi connectivity index (χ2v) is 3.11. The normalized spacial score (nSPS) is 23.2. The average Bonchev–Trinajstić information content (AvgIpc) is 2.63. The zero-order valence-corrected chi connectivity index (χ0v) is 7.25. The minimum atomic E-state index is 0.1000. The number of nitrogens with zero attached hydrogens (tertiary/aromatic N) is 2. The van der Waals surface area contributed by atoms with E-state index in [1.54, 1.807) is 0 Å². The predicted octanol–water partition coefficient (Wildman–Crippen LogP) is 1.44. The van der Waals surface area contributed by atoms with Crippen LogP contribution in [-0.2, 0) is 11.2 Å². The summed E-state index contributed by atoms with van der Waals surface area (Å²) in [6, 6.07) is 0. The van der Waals surface area contributed by atoms with E-state index in [0.717, 1.165) is 19.4 Å². The van der Waals surface area contributed by atoms with E-state index in [1.165, 1.54) is 0 Å². The Morgan fingerprint density at radius 1 is 1.50 bits per heavy atom. The van der Waals surface area contributed by atoms with Crippen molar-refractivity contribution in [2.24, 2.45) is 0 Å². The van der Waals surface area contributed by atoms with Gasteiger partial charge in [-0.2, -0.15) is 0 Å². The van der Waals surface area contributed by atoms with Gasteiger partial charge in [0.1, 0.15) is 0 Å². The number of ether oxygens (including phenoxy) is 1. The Bertz CT molecular complexity index is 258. The molecule has 1 fully saturated rings. The number of halogens is 1. The first-order valence-corrected chi connectivity index (χ1v) is 4.32. The van der Waals surface area contributed by atoms with Crippen LogP contribution in [0.3, 0.4) is 0 Å². The molecular weight excluding hydrogens is 180 g/mol. The average molecular weight is 189 g/mol. The second kappa shape index (κ2) is 3.41. The van der Waals surface area contributed by atoms with Crippen molar-refractivity contribution in [3.05, 3.63) is 11.2 Å². The van der Waals surface area contributed by atoms with Crippen LogP contribution in [0.5, 0.6) is 0 Å².